The molecule has 0 saturated carbocycles. The highest BCUT2D eigenvalue weighted by Gasteiger charge is 2.27. The van der Waals surface area contributed by atoms with Gasteiger partial charge in [-0.15, -0.1) is 0 Å². The van der Waals surface area contributed by atoms with Crippen molar-refractivity contribution in [2.24, 2.45) is 0 Å². The maximum atomic E-state index is 11.9. The van der Waals surface area contributed by atoms with Gasteiger partial charge >= 0.3 is 5.97 Å². The van der Waals surface area contributed by atoms with Crippen LogP contribution < -0.4 is 4.74 Å². The van der Waals surface area contributed by atoms with Crippen LogP contribution in [0.3, 0.4) is 0 Å². The van der Waals surface area contributed by atoms with Gasteiger partial charge in [-0.3, -0.25) is 4.79 Å². The third kappa shape index (κ3) is 2.50. The lowest BCUT2D eigenvalue weighted by Gasteiger charge is -2.17. The minimum absolute atomic E-state index is 0.160. The maximum Gasteiger partial charge on any atom is 0.313 e. The van der Waals surface area contributed by atoms with Crippen molar-refractivity contribution < 1.29 is 14.3 Å². The van der Waals surface area contributed by atoms with Crippen molar-refractivity contribution in [3.8, 4) is 5.75 Å². The average molecular weight is 248 g/mol. The van der Waals surface area contributed by atoms with E-state index in [0.717, 1.165) is 37.0 Å². The molecular weight excluding hydrogens is 228 g/mol. The van der Waals surface area contributed by atoms with E-state index in [9.17, 15) is 4.79 Å². The minimum atomic E-state index is -0.192. The molecule has 0 aromatic heterocycles. The van der Waals surface area contributed by atoms with E-state index in [1.54, 1.807) is 0 Å². The van der Waals surface area contributed by atoms with Crippen LogP contribution in [0.2, 0.25) is 0 Å². The zero-order chi connectivity index (χ0) is 13.0. The number of methoxy groups -OCH3 is 1. The standard InChI is InChI=1S/C15H20O3/c1-3-4-7-13(15(16)17-2)12-8-5-6-11-9-10-18-14(11)12/h5-6,8,13H,3-4,7,9-10H2,1-2H3. The monoisotopic (exact) mass is 248 g/mol. The highest BCUT2D eigenvalue weighted by Crippen LogP contribution is 2.36. The highest BCUT2D eigenvalue weighted by molar-refractivity contribution is 5.79. The highest BCUT2D eigenvalue weighted by atomic mass is 16.5. The zero-order valence-electron chi connectivity index (χ0n) is 11.1. The van der Waals surface area contributed by atoms with Crippen LogP contribution in [0.15, 0.2) is 18.2 Å². The molecule has 1 aliphatic rings. The molecular formula is C15H20O3. The smallest absolute Gasteiger partial charge is 0.313 e. The second-order valence-corrected chi connectivity index (χ2v) is 4.65. The van der Waals surface area contributed by atoms with Gasteiger partial charge in [0, 0.05) is 12.0 Å². The largest absolute Gasteiger partial charge is 0.493 e. The van der Waals surface area contributed by atoms with Gasteiger partial charge in [0.1, 0.15) is 5.75 Å². The van der Waals surface area contributed by atoms with E-state index in [4.69, 9.17) is 9.47 Å². The predicted octanol–water partition coefficient (Wildman–Crippen LogP) is 3.07. The molecule has 0 N–H and O–H groups in total. The minimum Gasteiger partial charge on any atom is -0.493 e. The van der Waals surface area contributed by atoms with Crippen molar-refractivity contribution in [2.45, 2.75) is 38.5 Å². The molecule has 3 heteroatoms. The van der Waals surface area contributed by atoms with Gasteiger partial charge < -0.3 is 9.47 Å². The lowest BCUT2D eigenvalue weighted by Crippen LogP contribution is -2.15. The van der Waals surface area contributed by atoms with E-state index in [1.165, 1.54) is 12.7 Å². The Morgan fingerprint density at radius 3 is 3.06 bits per heavy atom. The van der Waals surface area contributed by atoms with Crippen molar-refractivity contribution in [1.82, 2.24) is 0 Å². The fraction of sp³-hybridized carbons (Fsp3) is 0.533. The molecule has 3 nitrogen and oxygen atoms in total. The molecule has 1 aromatic carbocycles. The number of ether oxygens (including phenoxy) is 2. The van der Waals surface area contributed by atoms with Crippen molar-refractivity contribution in [1.29, 1.82) is 0 Å². The number of fused-ring (bicyclic) bond motifs is 1. The Labute approximate surface area is 108 Å². The first-order valence-electron chi connectivity index (χ1n) is 6.60. The number of carbonyl (C=O) groups excluding carboxylic acids is 1. The molecule has 1 aromatic rings. The molecule has 18 heavy (non-hydrogen) atoms. The summed E-state index contributed by atoms with van der Waals surface area (Å²) in [5.41, 5.74) is 2.20. The molecule has 1 unspecified atom stereocenters. The fourth-order valence-electron chi connectivity index (χ4n) is 2.47. The van der Waals surface area contributed by atoms with Crippen molar-refractivity contribution in [3.05, 3.63) is 29.3 Å². The molecule has 1 atom stereocenters. The Hall–Kier alpha value is -1.51. The Morgan fingerprint density at radius 1 is 1.50 bits per heavy atom. The molecule has 0 radical (unpaired) electrons. The van der Waals surface area contributed by atoms with Gasteiger partial charge in [-0.05, 0) is 12.0 Å². The van der Waals surface area contributed by atoms with E-state index >= 15 is 0 Å². The summed E-state index contributed by atoms with van der Waals surface area (Å²) in [4.78, 5) is 11.9. The first kappa shape index (κ1) is 12.9. The van der Waals surface area contributed by atoms with Gasteiger partial charge in [-0.25, -0.2) is 0 Å². The van der Waals surface area contributed by atoms with E-state index in [-0.39, 0.29) is 11.9 Å². The lowest BCUT2D eigenvalue weighted by atomic mass is 9.91. The summed E-state index contributed by atoms with van der Waals surface area (Å²) in [5.74, 6) is 0.555. The molecule has 1 heterocycles. The van der Waals surface area contributed by atoms with Gasteiger partial charge in [0.05, 0.1) is 19.6 Å². The third-order valence-corrected chi connectivity index (χ3v) is 3.45. The topological polar surface area (TPSA) is 35.5 Å². The zero-order valence-corrected chi connectivity index (χ0v) is 11.1. The van der Waals surface area contributed by atoms with Crippen LogP contribution in [0.5, 0.6) is 5.75 Å². The maximum absolute atomic E-state index is 11.9. The average Bonchev–Trinajstić information content (AvgIpc) is 2.87. The fourth-order valence-corrected chi connectivity index (χ4v) is 2.47. The molecule has 0 bridgehead atoms. The summed E-state index contributed by atoms with van der Waals surface area (Å²) in [6.07, 6.45) is 3.85. The third-order valence-electron chi connectivity index (χ3n) is 3.45. The molecule has 0 fully saturated rings. The van der Waals surface area contributed by atoms with Crippen LogP contribution in [0.4, 0.5) is 0 Å². The van der Waals surface area contributed by atoms with Crippen molar-refractivity contribution in [3.63, 3.8) is 0 Å². The van der Waals surface area contributed by atoms with Crippen molar-refractivity contribution >= 4 is 5.97 Å². The van der Waals surface area contributed by atoms with Crippen LogP contribution >= 0.6 is 0 Å². The quantitative estimate of drug-likeness (QED) is 0.751. The number of para-hydroxylation sites is 1. The van der Waals surface area contributed by atoms with Gasteiger partial charge in [0.15, 0.2) is 0 Å². The summed E-state index contributed by atoms with van der Waals surface area (Å²) in [6, 6.07) is 6.06. The van der Waals surface area contributed by atoms with Gasteiger partial charge in [-0.1, -0.05) is 38.0 Å². The van der Waals surface area contributed by atoms with Crippen LogP contribution in [-0.2, 0) is 16.0 Å². The van der Waals surface area contributed by atoms with Gasteiger partial charge in [-0.2, -0.15) is 0 Å². The number of rotatable bonds is 5. The molecule has 0 amide bonds. The first-order valence-corrected chi connectivity index (χ1v) is 6.60. The second kappa shape index (κ2) is 5.89. The molecule has 0 spiro atoms. The number of hydrogen-bond acceptors (Lipinski definition) is 3. The molecule has 98 valence electrons. The molecule has 1 aliphatic heterocycles. The second-order valence-electron chi connectivity index (χ2n) is 4.65. The first-order chi connectivity index (χ1) is 8.77. The van der Waals surface area contributed by atoms with Crippen LogP contribution in [0.25, 0.3) is 0 Å². The Bertz CT molecular complexity index is 426. The summed E-state index contributed by atoms with van der Waals surface area (Å²) >= 11 is 0. The van der Waals surface area contributed by atoms with E-state index in [0.29, 0.717) is 6.61 Å². The van der Waals surface area contributed by atoms with Crippen LogP contribution in [0, 0.1) is 0 Å². The summed E-state index contributed by atoms with van der Waals surface area (Å²) in [5, 5.41) is 0. The number of hydrogen-bond donors (Lipinski definition) is 0. The Balaban J connectivity index is 2.30. The molecule has 0 saturated heterocycles. The Morgan fingerprint density at radius 2 is 2.33 bits per heavy atom. The van der Waals surface area contributed by atoms with Gasteiger partial charge in [0.25, 0.3) is 0 Å². The number of benzene rings is 1. The van der Waals surface area contributed by atoms with Crippen molar-refractivity contribution in [2.75, 3.05) is 13.7 Å². The number of esters is 1. The van der Waals surface area contributed by atoms with E-state index < -0.39 is 0 Å². The SMILES string of the molecule is CCCCC(C(=O)OC)c1cccc2c1OCC2. The van der Waals surface area contributed by atoms with E-state index in [1.807, 2.05) is 12.1 Å². The number of unbranched alkanes of at least 4 members (excludes halogenated alkanes) is 1. The normalized spacial score (nSPS) is 14.8. The summed E-state index contributed by atoms with van der Waals surface area (Å²) in [6.45, 7) is 2.84. The summed E-state index contributed by atoms with van der Waals surface area (Å²) in [7, 11) is 1.45. The van der Waals surface area contributed by atoms with Crippen LogP contribution in [-0.4, -0.2) is 19.7 Å². The predicted molar refractivity (Wildman–Crippen MR) is 69.9 cm³/mol. The summed E-state index contributed by atoms with van der Waals surface area (Å²) < 4.78 is 10.6. The Kier molecular flexibility index (Phi) is 4.24. The van der Waals surface area contributed by atoms with Crippen LogP contribution in [0.1, 0.15) is 43.2 Å². The van der Waals surface area contributed by atoms with E-state index in [2.05, 4.69) is 13.0 Å². The lowest BCUT2D eigenvalue weighted by molar-refractivity contribution is -0.142. The van der Waals surface area contributed by atoms with Gasteiger partial charge in [0.2, 0.25) is 0 Å². The number of carbonyl (C=O) groups is 1. The molecule has 2 rings (SSSR count). The molecule has 0 aliphatic carbocycles.